The molecule has 2 nitrogen and oxygen atoms in total. The smallest absolute Gasteiger partial charge is 0.119 e. The van der Waals surface area contributed by atoms with Gasteiger partial charge in [-0.3, -0.25) is 0 Å². The average Bonchev–Trinajstić information content (AvgIpc) is 2.52. The van der Waals surface area contributed by atoms with Crippen molar-refractivity contribution in [2.45, 2.75) is 46.6 Å². The molecule has 120 valence electrons. The average molecular weight is 310 g/mol. The summed E-state index contributed by atoms with van der Waals surface area (Å²) in [6.45, 7) is 10.7. The van der Waals surface area contributed by atoms with Crippen molar-refractivity contribution in [3.8, 4) is 5.75 Å². The number of ether oxygens (including phenoxy) is 1. The number of rotatable bonds is 11. The van der Waals surface area contributed by atoms with Crippen LogP contribution in [0, 0.1) is 5.92 Å². The van der Waals surface area contributed by atoms with Crippen LogP contribution in [0.15, 0.2) is 24.3 Å². The Balaban J connectivity index is 2.54. The van der Waals surface area contributed by atoms with Crippen LogP contribution in [0.3, 0.4) is 0 Å². The van der Waals surface area contributed by atoms with Gasteiger partial charge in [0, 0.05) is 11.8 Å². The molecule has 2 unspecified atom stereocenters. The lowest BCUT2D eigenvalue weighted by molar-refractivity contribution is 0.317. The molecule has 0 aliphatic rings. The number of hydrogen-bond donors (Lipinski definition) is 1. The van der Waals surface area contributed by atoms with Crippen molar-refractivity contribution < 1.29 is 4.74 Å². The first-order chi connectivity index (χ1) is 10.2. The lowest BCUT2D eigenvalue weighted by atomic mass is 10.1. The fourth-order valence-corrected chi connectivity index (χ4v) is 3.36. The Bertz CT molecular complexity index is 366. The minimum absolute atomic E-state index is 0.435. The predicted octanol–water partition coefficient (Wildman–Crippen LogP) is 4.91. The van der Waals surface area contributed by atoms with Gasteiger partial charge in [-0.2, -0.15) is 11.8 Å². The molecule has 0 aliphatic heterocycles. The van der Waals surface area contributed by atoms with Crippen LogP contribution in [0.1, 0.15) is 52.1 Å². The van der Waals surface area contributed by atoms with Gasteiger partial charge in [0.25, 0.3) is 0 Å². The molecule has 1 N–H and O–H groups in total. The fraction of sp³-hybridized carbons (Fsp3) is 0.667. The lowest BCUT2D eigenvalue weighted by Gasteiger charge is -2.19. The maximum atomic E-state index is 5.65. The highest BCUT2D eigenvalue weighted by Gasteiger charge is 2.11. The minimum Gasteiger partial charge on any atom is -0.494 e. The van der Waals surface area contributed by atoms with E-state index < -0.39 is 0 Å². The van der Waals surface area contributed by atoms with Crippen LogP contribution in [0.2, 0.25) is 0 Å². The molecule has 0 saturated carbocycles. The van der Waals surface area contributed by atoms with Gasteiger partial charge in [-0.05, 0) is 42.3 Å². The summed E-state index contributed by atoms with van der Waals surface area (Å²) < 4.78 is 5.65. The van der Waals surface area contributed by atoms with Crippen LogP contribution in [0.4, 0.5) is 0 Å². The number of hydrogen-bond acceptors (Lipinski definition) is 3. The first-order valence-corrected chi connectivity index (χ1v) is 9.40. The molecule has 0 bridgehead atoms. The lowest BCUT2D eigenvalue weighted by Crippen LogP contribution is -2.23. The monoisotopic (exact) mass is 309 g/mol. The third kappa shape index (κ3) is 7.23. The summed E-state index contributed by atoms with van der Waals surface area (Å²) >= 11 is 2.05. The van der Waals surface area contributed by atoms with E-state index in [2.05, 4.69) is 69.0 Å². The predicted molar refractivity (Wildman–Crippen MR) is 95.4 cm³/mol. The molecular weight excluding hydrogens is 278 g/mol. The molecule has 0 fully saturated rings. The number of thioether (sulfide) groups is 1. The Morgan fingerprint density at radius 3 is 2.38 bits per heavy atom. The number of nitrogens with one attached hydrogen (secondary N) is 1. The first-order valence-electron chi connectivity index (χ1n) is 8.25. The van der Waals surface area contributed by atoms with Crippen LogP contribution in [0.25, 0.3) is 0 Å². The van der Waals surface area contributed by atoms with Gasteiger partial charge < -0.3 is 10.1 Å². The second-order valence-electron chi connectivity index (χ2n) is 5.58. The summed E-state index contributed by atoms with van der Waals surface area (Å²) in [6.07, 6.45) is 2.32. The van der Waals surface area contributed by atoms with E-state index in [0.717, 1.165) is 37.0 Å². The third-order valence-corrected chi connectivity index (χ3v) is 4.96. The Labute approximate surface area is 135 Å². The van der Waals surface area contributed by atoms with Gasteiger partial charge in [-0.25, -0.2) is 0 Å². The summed E-state index contributed by atoms with van der Waals surface area (Å²) in [4.78, 5) is 0. The van der Waals surface area contributed by atoms with E-state index in [1.807, 2.05) is 0 Å². The van der Waals surface area contributed by atoms with E-state index in [-0.39, 0.29) is 0 Å². The van der Waals surface area contributed by atoms with Crippen LogP contribution in [0.5, 0.6) is 5.75 Å². The summed E-state index contributed by atoms with van der Waals surface area (Å²) in [7, 11) is 0. The molecule has 0 radical (unpaired) electrons. The van der Waals surface area contributed by atoms with Crippen molar-refractivity contribution >= 4 is 11.8 Å². The van der Waals surface area contributed by atoms with E-state index in [9.17, 15) is 0 Å². The van der Waals surface area contributed by atoms with Gasteiger partial charge in [0.05, 0.1) is 6.61 Å². The van der Waals surface area contributed by atoms with Crippen molar-refractivity contribution in [1.29, 1.82) is 0 Å². The van der Waals surface area contributed by atoms with Crippen molar-refractivity contribution in [3.05, 3.63) is 29.8 Å². The SMILES string of the molecule is CCCOc1ccc(C(CSCC(C)CC)NCC)cc1. The summed E-state index contributed by atoms with van der Waals surface area (Å²) in [5.74, 6) is 4.16. The normalized spacial score (nSPS) is 13.9. The fourth-order valence-electron chi connectivity index (χ4n) is 2.04. The largest absolute Gasteiger partial charge is 0.494 e. The van der Waals surface area contributed by atoms with Crippen molar-refractivity contribution in [2.75, 3.05) is 24.7 Å². The van der Waals surface area contributed by atoms with Gasteiger partial charge in [0.1, 0.15) is 5.75 Å². The van der Waals surface area contributed by atoms with E-state index in [4.69, 9.17) is 4.74 Å². The van der Waals surface area contributed by atoms with Gasteiger partial charge in [-0.1, -0.05) is 46.2 Å². The van der Waals surface area contributed by atoms with Gasteiger partial charge in [0.15, 0.2) is 0 Å². The highest BCUT2D eigenvalue weighted by molar-refractivity contribution is 7.99. The first kappa shape index (κ1) is 18.4. The molecule has 0 aromatic heterocycles. The van der Waals surface area contributed by atoms with Crippen molar-refractivity contribution in [2.24, 2.45) is 5.92 Å². The summed E-state index contributed by atoms with van der Waals surface area (Å²) in [5, 5.41) is 3.59. The second-order valence-corrected chi connectivity index (χ2v) is 6.65. The molecular formula is C18H31NOS. The van der Waals surface area contributed by atoms with Crippen molar-refractivity contribution in [1.82, 2.24) is 5.32 Å². The maximum Gasteiger partial charge on any atom is 0.119 e. The standard InChI is InChI=1S/C18H31NOS/c1-5-12-20-17-10-8-16(9-11-17)18(19-7-3)14-21-13-15(4)6-2/h8-11,15,18-19H,5-7,12-14H2,1-4H3. The number of benzene rings is 1. The molecule has 21 heavy (non-hydrogen) atoms. The summed E-state index contributed by atoms with van der Waals surface area (Å²) in [5.41, 5.74) is 1.36. The van der Waals surface area contributed by atoms with Crippen LogP contribution in [-0.2, 0) is 0 Å². The Kier molecular flexibility index (Phi) is 9.60. The second kappa shape index (κ2) is 11.0. The topological polar surface area (TPSA) is 21.3 Å². The molecule has 0 heterocycles. The van der Waals surface area contributed by atoms with Gasteiger partial charge in [-0.15, -0.1) is 0 Å². The zero-order valence-electron chi connectivity index (χ0n) is 14.0. The quantitative estimate of drug-likeness (QED) is 0.628. The Morgan fingerprint density at radius 1 is 1.10 bits per heavy atom. The Morgan fingerprint density at radius 2 is 1.81 bits per heavy atom. The zero-order chi connectivity index (χ0) is 15.5. The van der Waals surface area contributed by atoms with E-state index >= 15 is 0 Å². The van der Waals surface area contributed by atoms with Crippen LogP contribution >= 0.6 is 11.8 Å². The van der Waals surface area contributed by atoms with E-state index in [0.29, 0.717) is 6.04 Å². The zero-order valence-corrected chi connectivity index (χ0v) is 14.8. The maximum absolute atomic E-state index is 5.65. The molecule has 3 heteroatoms. The molecule has 2 atom stereocenters. The molecule has 0 saturated heterocycles. The molecule has 0 spiro atoms. The van der Waals surface area contributed by atoms with Crippen LogP contribution in [-0.4, -0.2) is 24.7 Å². The van der Waals surface area contributed by atoms with Gasteiger partial charge in [0.2, 0.25) is 0 Å². The van der Waals surface area contributed by atoms with Crippen LogP contribution < -0.4 is 10.1 Å². The van der Waals surface area contributed by atoms with Crippen molar-refractivity contribution in [3.63, 3.8) is 0 Å². The molecule has 0 amide bonds. The van der Waals surface area contributed by atoms with E-state index in [1.165, 1.54) is 17.7 Å². The van der Waals surface area contributed by atoms with E-state index in [1.54, 1.807) is 0 Å². The summed E-state index contributed by atoms with van der Waals surface area (Å²) in [6, 6.07) is 9.01. The molecule has 1 aromatic rings. The minimum atomic E-state index is 0.435. The molecule has 1 aromatic carbocycles. The highest BCUT2D eigenvalue weighted by Crippen LogP contribution is 2.23. The molecule has 0 aliphatic carbocycles. The van der Waals surface area contributed by atoms with Gasteiger partial charge >= 0.3 is 0 Å². The molecule has 1 rings (SSSR count). The highest BCUT2D eigenvalue weighted by atomic mass is 32.2. The third-order valence-electron chi connectivity index (χ3n) is 3.59. The Hall–Kier alpha value is -0.670.